The van der Waals surface area contributed by atoms with Crippen molar-refractivity contribution in [1.82, 2.24) is 0 Å². The van der Waals surface area contributed by atoms with Crippen LogP contribution < -0.4 is 0 Å². The van der Waals surface area contributed by atoms with Crippen LogP contribution in [0.15, 0.2) is 91.0 Å². The zero-order valence-corrected chi connectivity index (χ0v) is 18.6. The van der Waals surface area contributed by atoms with Crippen LogP contribution >= 0.6 is 0 Å². The van der Waals surface area contributed by atoms with Crippen LogP contribution in [0.2, 0.25) is 0 Å². The van der Waals surface area contributed by atoms with Crippen molar-refractivity contribution >= 4 is 0 Å². The maximum absolute atomic E-state index is 15.6. The van der Waals surface area contributed by atoms with Crippen molar-refractivity contribution in [1.29, 1.82) is 0 Å². The molecule has 7 heteroatoms. The third-order valence-electron chi connectivity index (χ3n) is 5.63. The zero-order chi connectivity index (χ0) is 23.8. The van der Waals surface area contributed by atoms with Gasteiger partial charge in [0.1, 0.15) is 6.10 Å². The lowest BCUT2D eigenvalue weighted by Gasteiger charge is -2.44. The molecule has 34 heavy (non-hydrogen) atoms. The Kier molecular flexibility index (Phi) is 8.37. The summed E-state index contributed by atoms with van der Waals surface area (Å²) in [4.78, 5) is 0. The van der Waals surface area contributed by atoms with Crippen LogP contribution in [0.4, 0.5) is 8.78 Å². The van der Waals surface area contributed by atoms with E-state index in [0.717, 1.165) is 16.7 Å². The van der Waals surface area contributed by atoms with Gasteiger partial charge in [-0.2, -0.15) is 0 Å². The highest BCUT2D eigenvalue weighted by molar-refractivity contribution is 5.15. The van der Waals surface area contributed by atoms with Crippen LogP contribution in [-0.2, 0) is 38.8 Å². The van der Waals surface area contributed by atoms with E-state index in [-0.39, 0.29) is 19.8 Å². The minimum Gasteiger partial charge on any atom is -0.374 e. The van der Waals surface area contributed by atoms with Gasteiger partial charge in [-0.15, -0.1) is 0 Å². The lowest BCUT2D eigenvalue weighted by Crippen LogP contribution is -2.64. The molecule has 0 spiro atoms. The Morgan fingerprint density at radius 3 is 1.71 bits per heavy atom. The standard InChI is InChI=1S/C27H28F2O5/c28-27(29)23(19-31-16-20-10-4-1-5-11-20)34-26(30)24(32-17-21-12-6-2-7-13-21)25(27)33-18-22-14-8-3-9-15-22/h1-15,23-26,30H,16-19H2/t23-,24-,25-,26?/m1/s1. The number of alkyl halides is 2. The first-order valence-electron chi connectivity index (χ1n) is 11.2. The summed E-state index contributed by atoms with van der Waals surface area (Å²) in [5.74, 6) is -3.47. The van der Waals surface area contributed by atoms with Crippen molar-refractivity contribution in [2.24, 2.45) is 0 Å². The van der Waals surface area contributed by atoms with E-state index in [2.05, 4.69) is 0 Å². The number of hydrogen-bond acceptors (Lipinski definition) is 5. The quantitative estimate of drug-likeness (QED) is 0.465. The fraction of sp³-hybridized carbons (Fsp3) is 0.333. The summed E-state index contributed by atoms with van der Waals surface area (Å²) < 4.78 is 53.4. The average molecular weight is 471 g/mol. The molecule has 0 aromatic heterocycles. The molecule has 0 aliphatic carbocycles. The van der Waals surface area contributed by atoms with Gasteiger partial charge in [-0.1, -0.05) is 91.0 Å². The highest BCUT2D eigenvalue weighted by atomic mass is 19.3. The lowest BCUT2D eigenvalue weighted by atomic mass is 9.97. The first-order chi connectivity index (χ1) is 16.5. The molecule has 5 nitrogen and oxygen atoms in total. The van der Waals surface area contributed by atoms with Crippen LogP contribution in [0, 0.1) is 0 Å². The predicted molar refractivity (Wildman–Crippen MR) is 122 cm³/mol. The molecule has 1 aliphatic rings. The number of aliphatic hydroxyl groups excluding tert-OH is 1. The van der Waals surface area contributed by atoms with E-state index in [1.54, 1.807) is 24.3 Å². The molecule has 1 fully saturated rings. The second kappa shape index (κ2) is 11.6. The molecule has 1 saturated heterocycles. The molecule has 0 amide bonds. The van der Waals surface area contributed by atoms with Crippen LogP contribution in [0.25, 0.3) is 0 Å². The van der Waals surface area contributed by atoms with Gasteiger partial charge in [-0.05, 0) is 16.7 Å². The van der Waals surface area contributed by atoms with Gasteiger partial charge in [-0.3, -0.25) is 0 Å². The van der Waals surface area contributed by atoms with Gasteiger partial charge in [0.2, 0.25) is 0 Å². The Morgan fingerprint density at radius 2 is 1.18 bits per heavy atom. The largest absolute Gasteiger partial charge is 0.374 e. The fourth-order valence-corrected chi connectivity index (χ4v) is 3.80. The molecule has 3 aromatic carbocycles. The Balaban J connectivity index is 1.46. The van der Waals surface area contributed by atoms with Crippen molar-refractivity contribution in [3.05, 3.63) is 108 Å². The number of rotatable bonds is 10. The first-order valence-corrected chi connectivity index (χ1v) is 11.2. The van der Waals surface area contributed by atoms with Crippen LogP contribution in [0.5, 0.6) is 0 Å². The molecule has 0 radical (unpaired) electrons. The van der Waals surface area contributed by atoms with Crippen LogP contribution in [-0.4, -0.2) is 42.2 Å². The summed E-state index contributed by atoms with van der Waals surface area (Å²) in [6, 6.07) is 27.4. The Hall–Kier alpha value is -2.68. The molecule has 0 saturated carbocycles. The minimum atomic E-state index is -3.47. The maximum atomic E-state index is 15.6. The summed E-state index contributed by atoms with van der Waals surface area (Å²) in [5.41, 5.74) is 2.37. The average Bonchev–Trinajstić information content (AvgIpc) is 2.86. The smallest absolute Gasteiger partial charge is 0.304 e. The SMILES string of the molecule is OC1O[C@H](COCc2ccccc2)C(F)(F)[C@H](OCc2ccccc2)[C@H]1OCc1ccccc1. The minimum absolute atomic E-state index is 0.0301. The van der Waals surface area contributed by atoms with Crippen molar-refractivity contribution in [2.75, 3.05) is 6.61 Å². The first kappa shape index (κ1) is 24.4. The van der Waals surface area contributed by atoms with Crippen molar-refractivity contribution in [3.63, 3.8) is 0 Å². The molecule has 1 unspecified atom stereocenters. The van der Waals surface area contributed by atoms with E-state index in [1.165, 1.54) is 0 Å². The van der Waals surface area contributed by atoms with Gasteiger partial charge in [0.25, 0.3) is 0 Å². The Bertz CT molecular complexity index is 988. The molecule has 4 rings (SSSR count). The molecule has 1 aliphatic heterocycles. The third kappa shape index (κ3) is 6.25. The molecule has 4 atom stereocenters. The van der Waals surface area contributed by atoms with Gasteiger partial charge >= 0.3 is 5.92 Å². The van der Waals surface area contributed by atoms with Crippen LogP contribution in [0.1, 0.15) is 16.7 Å². The summed E-state index contributed by atoms with van der Waals surface area (Å²) in [6.07, 6.45) is -6.41. The van der Waals surface area contributed by atoms with Gasteiger partial charge in [0.15, 0.2) is 18.5 Å². The number of hydrogen-bond donors (Lipinski definition) is 1. The van der Waals surface area contributed by atoms with E-state index < -0.39 is 37.1 Å². The van der Waals surface area contributed by atoms with Gasteiger partial charge in [0, 0.05) is 0 Å². The van der Waals surface area contributed by atoms with E-state index >= 15 is 8.78 Å². The number of aliphatic hydroxyl groups is 1. The molecular formula is C27H28F2O5. The van der Waals surface area contributed by atoms with Gasteiger partial charge in [-0.25, -0.2) is 8.78 Å². The van der Waals surface area contributed by atoms with Gasteiger partial charge in [0.05, 0.1) is 26.4 Å². The summed E-state index contributed by atoms with van der Waals surface area (Å²) in [5, 5.41) is 10.6. The zero-order valence-electron chi connectivity index (χ0n) is 18.6. The molecule has 3 aromatic rings. The van der Waals surface area contributed by atoms with Crippen molar-refractivity contribution in [3.8, 4) is 0 Å². The van der Waals surface area contributed by atoms with E-state index in [0.29, 0.717) is 0 Å². The Labute approximate surface area is 197 Å². The number of benzene rings is 3. The van der Waals surface area contributed by atoms with E-state index in [9.17, 15) is 5.11 Å². The summed E-state index contributed by atoms with van der Waals surface area (Å²) >= 11 is 0. The Morgan fingerprint density at radius 1 is 0.706 bits per heavy atom. The molecule has 0 bridgehead atoms. The van der Waals surface area contributed by atoms with E-state index in [4.69, 9.17) is 18.9 Å². The summed E-state index contributed by atoms with van der Waals surface area (Å²) in [7, 11) is 0. The number of ether oxygens (including phenoxy) is 4. The maximum Gasteiger partial charge on any atom is 0.304 e. The van der Waals surface area contributed by atoms with E-state index in [1.807, 2.05) is 66.7 Å². The van der Waals surface area contributed by atoms with Crippen molar-refractivity contribution in [2.45, 2.75) is 50.3 Å². The number of halogens is 2. The second-order valence-electron chi connectivity index (χ2n) is 8.17. The molecule has 1 N–H and O–H groups in total. The third-order valence-corrected chi connectivity index (χ3v) is 5.63. The second-order valence-corrected chi connectivity index (χ2v) is 8.17. The topological polar surface area (TPSA) is 57.2 Å². The highest BCUT2D eigenvalue weighted by Gasteiger charge is 2.59. The highest BCUT2D eigenvalue weighted by Crippen LogP contribution is 2.38. The molecule has 1 heterocycles. The summed E-state index contributed by atoms with van der Waals surface area (Å²) in [6.45, 7) is -0.287. The van der Waals surface area contributed by atoms with Crippen LogP contribution in [0.3, 0.4) is 0 Å². The molecular weight excluding hydrogens is 442 g/mol. The normalized spacial score (nSPS) is 24.1. The predicted octanol–water partition coefficient (Wildman–Crippen LogP) is 4.73. The monoisotopic (exact) mass is 470 g/mol. The van der Waals surface area contributed by atoms with Crippen molar-refractivity contribution < 1.29 is 32.8 Å². The lowest BCUT2D eigenvalue weighted by molar-refractivity contribution is -0.353. The fourth-order valence-electron chi connectivity index (χ4n) is 3.80. The molecule has 180 valence electrons. The van der Waals surface area contributed by atoms with Gasteiger partial charge < -0.3 is 24.1 Å².